The van der Waals surface area contributed by atoms with E-state index in [0.717, 1.165) is 10.4 Å². The second-order valence-electron chi connectivity index (χ2n) is 5.51. The van der Waals surface area contributed by atoms with Crippen LogP contribution < -0.4 is 5.73 Å². The van der Waals surface area contributed by atoms with Gasteiger partial charge in [0.15, 0.2) is 0 Å². The zero-order valence-corrected chi connectivity index (χ0v) is 13.1. The van der Waals surface area contributed by atoms with E-state index < -0.39 is 26.2 Å². The van der Waals surface area contributed by atoms with Crippen molar-refractivity contribution in [3.8, 4) is 0 Å². The molecule has 0 heterocycles. The number of aliphatic hydroxyl groups is 1. The lowest BCUT2D eigenvalue weighted by Crippen LogP contribution is -2.39. The predicted molar refractivity (Wildman–Crippen MR) is 78.4 cm³/mol. The van der Waals surface area contributed by atoms with Gasteiger partial charge in [-0.2, -0.15) is 4.31 Å². The van der Waals surface area contributed by atoms with Gasteiger partial charge in [-0.1, -0.05) is 0 Å². The molecule has 0 aliphatic heterocycles. The number of sulfonamides is 1. The minimum absolute atomic E-state index is 0.0957. The SMILES string of the molecule is Cc1cc(N)c([N+](=O)[O-])cc1S(=O)(=O)N(C)CC(C)(C)O. The summed E-state index contributed by atoms with van der Waals surface area (Å²) in [6.07, 6.45) is 0. The zero-order valence-electron chi connectivity index (χ0n) is 12.3. The molecule has 8 nitrogen and oxygen atoms in total. The Balaban J connectivity index is 3.38. The van der Waals surface area contributed by atoms with Crippen LogP contribution in [-0.2, 0) is 10.0 Å². The van der Waals surface area contributed by atoms with Crippen LogP contribution >= 0.6 is 0 Å². The van der Waals surface area contributed by atoms with E-state index >= 15 is 0 Å². The molecule has 1 aromatic carbocycles. The number of aryl methyl sites for hydroxylation is 1. The first-order valence-electron chi connectivity index (χ1n) is 6.09. The standard InChI is InChI=1S/C12H19N3O5S/c1-8-5-9(13)10(15(17)18)6-11(8)21(19,20)14(4)7-12(2,3)16/h5-6,16H,7,13H2,1-4H3. The van der Waals surface area contributed by atoms with Crippen LogP contribution in [0, 0.1) is 17.0 Å². The summed E-state index contributed by atoms with van der Waals surface area (Å²) in [7, 11) is -2.66. The van der Waals surface area contributed by atoms with Gasteiger partial charge in [0.05, 0.1) is 15.4 Å². The molecule has 0 atom stereocenters. The lowest BCUT2D eigenvalue weighted by molar-refractivity contribution is -0.384. The highest BCUT2D eigenvalue weighted by atomic mass is 32.2. The first kappa shape index (κ1) is 17.3. The third-order valence-corrected chi connectivity index (χ3v) is 4.76. The van der Waals surface area contributed by atoms with Gasteiger partial charge < -0.3 is 10.8 Å². The Labute approximate surface area is 123 Å². The molecule has 0 unspecified atom stereocenters. The number of likely N-dealkylation sites (N-methyl/N-ethyl adjacent to an activating group) is 1. The van der Waals surface area contributed by atoms with Crippen LogP contribution in [0.1, 0.15) is 19.4 Å². The van der Waals surface area contributed by atoms with Crippen molar-refractivity contribution < 1.29 is 18.4 Å². The van der Waals surface area contributed by atoms with Crippen LogP contribution in [0.3, 0.4) is 0 Å². The summed E-state index contributed by atoms with van der Waals surface area (Å²) in [5.74, 6) is 0. The summed E-state index contributed by atoms with van der Waals surface area (Å²) in [5, 5.41) is 20.6. The van der Waals surface area contributed by atoms with Crippen LogP contribution in [0.4, 0.5) is 11.4 Å². The van der Waals surface area contributed by atoms with E-state index in [1.807, 2.05) is 0 Å². The van der Waals surface area contributed by atoms with E-state index in [1.165, 1.54) is 33.9 Å². The molecular formula is C12H19N3O5S. The molecule has 0 aromatic heterocycles. The number of nitrogens with two attached hydrogens (primary N) is 1. The van der Waals surface area contributed by atoms with Crippen molar-refractivity contribution in [2.24, 2.45) is 0 Å². The summed E-state index contributed by atoms with van der Waals surface area (Å²) >= 11 is 0. The Hall–Kier alpha value is -1.71. The van der Waals surface area contributed by atoms with Gasteiger partial charge >= 0.3 is 0 Å². The topological polar surface area (TPSA) is 127 Å². The van der Waals surface area contributed by atoms with Crippen molar-refractivity contribution >= 4 is 21.4 Å². The molecular weight excluding hydrogens is 298 g/mol. The van der Waals surface area contributed by atoms with Crippen molar-refractivity contribution in [1.29, 1.82) is 0 Å². The summed E-state index contributed by atoms with van der Waals surface area (Å²) in [6.45, 7) is 4.30. The lowest BCUT2D eigenvalue weighted by Gasteiger charge is -2.25. The molecule has 0 aliphatic rings. The van der Waals surface area contributed by atoms with Gasteiger partial charge in [-0.3, -0.25) is 10.1 Å². The Morgan fingerprint density at radius 2 is 1.95 bits per heavy atom. The summed E-state index contributed by atoms with van der Waals surface area (Å²) in [5.41, 5.74) is 4.04. The molecule has 0 bridgehead atoms. The Morgan fingerprint density at radius 1 is 1.43 bits per heavy atom. The van der Waals surface area contributed by atoms with E-state index in [-0.39, 0.29) is 17.1 Å². The fourth-order valence-corrected chi connectivity index (χ4v) is 3.48. The largest absolute Gasteiger partial charge is 0.393 e. The fourth-order valence-electron chi connectivity index (χ4n) is 1.93. The summed E-state index contributed by atoms with van der Waals surface area (Å²) < 4.78 is 25.9. The molecule has 0 radical (unpaired) electrons. The van der Waals surface area contributed by atoms with Crippen molar-refractivity contribution in [1.82, 2.24) is 4.31 Å². The third kappa shape index (κ3) is 3.90. The fraction of sp³-hybridized carbons (Fsp3) is 0.500. The van der Waals surface area contributed by atoms with Gasteiger partial charge in [-0.25, -0.2) is 8.42 Å². The number of nitro groups is 1. The summed E-state index contributed by atoms with van der Waals surface area (Å²) in [4.78, 5) is 9.96. The molecule has 9 heteroatoms. The molecule has 0 saturated heterocycles. The average Bonchev–Trinajstić information content (AvgIpc) is 2.25. The molecule has 1 rings (SSSR count). The van der Waals surface area contributed by atoms with E-state index in [0.29, 0.717) is 5.56 Å². The highest BCUT2D eigenvalue weighted by Crippen LogP contribution is 2.30. The first-order chi connectivity index (χ1) is 9.36. The highest BCUT2D eigenvalue weighted by Gasteiger charge is 2.29. The van der Waals surface area contributed by atoms with Gasteiger partial charge in [-0.15, -0.1) is 0 Å². The number of benzene rings is 1. The molecule has 0 spiro atoms. The maximum absolute atomic E-state index is 12.5. The quantitative estimate of drug-likeness (QED) is 0.471. The number of nitro benzene ring substituents is 1. The van der Waals surface area contributed by atoms with Crippen LogP contribution in [0.2, 0.25) is 0 Å². The Morgan fingerprint density at radius 3 is 2.38 bits per heavy atom. The van der Waals surface area contributed by atoms with Crippen molar-refractivity contribution in [2.75, 3.05) is 19.3 Å². The summed E-state index contributed by atoms with van der Waals surface area (Å²) in [6, 6.07) is 2.20. The number of anilines is 1. The molecule has 1 aromatic rings. The smallest absolute Gasteiger partial charge is 0.293 e. The highest BCUT2D eigenvalue weighted by molar-refractivity contribution is 7.89. The molecule has 0 aliphatic carbocycles. The van der Waals surface area contributed by atoms with E-state index in [1.54, 1.807) is 0 Å². The molecule has 118 valence electrons. The zero-order chi connectivity index (χ0) is 16.6. The van der Waals surface area contributed by atoms with Crippen molar-refractivity contribution in [3.05, 3.63) is 27.8 Å². The third-order valence-electron chi connectivity index (χ3n) is 2.82. The Bertz CT molecular complexity index is 664. The van der Waals surface area contributed by atoms with Crippen LogP contribution in [0.5, 0.6) is 0 Å². The molecule has 0 saturated carbocycles. The van der Waals surface area contributed by atoms with Crippen LogP contribution in [0.15, 0.2) is 17.0 Å². The van der Waals surface area contributed by atoms with E-state index in [2.05, 4.69) is 0 Å². The molecule has 21 heavy (non-hydrogen) atoms. The number of nitrogen functional groups attached to an aromatic ring is 1. The second-order valence-corrected chi connectivity index (χ2v) is 7.52. The molecule has 0 amide bonds. The van der Waals surface area contributed by atoms with Crippen LogP contribution in [-0.4, -0.2) is 41.9 Å². The van der Waals surface area contributed by atoms with E-state index in [4.69, 9.17) is 5.73 Å². The van der Waals surface area contributed by atoms with Crippen molar-refractivity contribution in [2.45, 2.75) is 31.3 Å². The number of hydrogen-bond donors (Lipinski definition) is 2. The van der Waals surface area contributed by atoms with Gasteiger partial charge in [0.1, 0.15) is 5.69 Å². The normalized spacial score (nSPS) is 12.7. The van der Waals surface area contributed by atoms with E-state index in [9.17, 15) is 23.6 Å². The number of hydrogen-bond acceptors (Lipinski definition) is 6. The average molecular weight is 317 g/mol. The van der Waals surface area contributed by atoms with Gasteiger partial charge in [0.25, 0.3) is 5.69 Å². The minimum Gasteiger partial charge on any atom is -0.393 e. The number of nitrogens with zero attached hydrogens (tertiary/aromatic N) is 2. The molecule has 3 N–H and O–H groups in total. The monoisotopic (exact) mass is 317 g/mol. The molecule has 0 fully saturated rings. The number of rotatable bonds is 5. The lowest BCUT2D eigenvalue weighted by atomic mass is 10.1. The Kier molecular flexibility index (Phi) is 4.61. The maximum atomic E-state index is 12.5. The van der Waals surface area contributed by atoms with Gasteiger partial charge in [-0.05, 0) is 32.4 Å². The first-order valence-corrected chi connectivity index (χ1v) is 7.53. The predicted octanol–water partition coefficient (Wildman–Crippen LogP) is 0.877. The maximum Gasteiger partial charge on any atom is 0.293 e. The second kappa shape index (κ2) is 5.58. The van der Waals surface area contributed by atoms with Gasteiger partial charge in [0.2, 0.25) is 10.0 Å². The minimum atomic E-state index is -3.96. The van der Waals surface area contributed by atoms with Crippen molar-refractivity contribution in [3.63, 3.8) is 0 Å². The van der Waals surface area contributed by atoms with Gasteiger partial charge in [0, 0.05) is 19.7 Å². The van der Waals surface area contributed by atoms with Crippen LogP contribution in [0.25, 0.3) is 0 Å².